The van der Waals surface area contributed by atoms with Gasteiger partial charge in [-0.2, -0.15) is 0 Å². The summed E-state index contributed by atoms with van der Waals surface area (Å²) >= 11 is 0. The van der Waals surface area contributed by atoms with Gasteiger partial charge in [-0.3, -0.25) is 0 Å². The topological polar surface area (TPSA) is 94.3 Å². The number of hydrogen-bond donors (Lipinski definition) is 2. The Balaban J connectivity index is 2.73. The molecule has 0 spiro atoms. The minimum absolute atomic E-state index is 0.0101. The summed E-state index contributed by atoms with van der Waals surface area (Å²) in [5.74, 6) is -0.0101. The quantitative estimate of drug-likeness (QED) is 0.769. The molecule has 0 aliphatic rings. The lowest BCUT2D eigenvalue weighted by molar-refractivity contribution is 0.0799. The Bertz CT molecular complexity index is 462. The fraction of sp³-hybridized carbons (Fsp3) is 0.500. The fourth-order valence-electron chi connectivity index (χ4n) is 1.28. The van der Waals surface area contributed by atoms with Crippen LogP contribution in [0.15, 0.2) is 23.2 Å². The summed E-state index contributed by atoms with van der Waals surface area (Å²) < 4.78 is 31.4. The maximum absolute atomic E-state index is 11.9. The van der Waals surface area contributed by atoms with Gasteiger partial charge in [0, 0.05) is 19.3 Å². The van der Waals surface area contributed by atoms with Gasteiger partial charge in [-0.05, 0) is 26.0 Å². The van der Waals surface area contributed by atoms with Crippen LogP contribution in [-0.2, 0) is 14.8 Å². The molecular formula is C10H17N3O3S. The first-order valence-corrected chi connectivity index (χ1v) is 6.77. The van der Waals surface area contributed by atoms with E-state index in [1.807, 2.05) is 6.92 Å². The molecule has 0 saturated carbocycles. The summed E-state index contributed by atoms with van der Waals surface area (Å²) in [7, 11) is -3.62. The Morgan fingerprint density at radius 3 is 2.88 bits per heavy atom. The second kappa shape index (κ2) is 5.95. The molecule has 0 saturated heterocycles. The number of pyridine rings is 1. The van der Waals surface area contributed by atoms with Crippen LogP contribution in [0.5, 0.6) is 0 Å². The average Bonchev–Trinajstić information content (AvgIpc) is 2.27. The molecule has 1 aromatic rings. The van der Waals surface area contributed by atoms with Gasteiger partial charge in [-0.25, -0.2) is 18.1 Å². The Morgan fingerprint density at radius 2 is 2.29 bits per heavy atom. The summed E-state index contributed by atoms with van der Waals surface area (Å²) in [4.78, 5) is 3.73. The molecule has 1 aromatic heterocycles. The zero-order valence-electron chi connectivity index (χ0n) is 9.88. The zero-order valence-corrected chi connectivity index (χ0v) is 10.7. The number of aromatic nitrogens is 1. The molecule has 1 unspecified atom stereocenters. The van der Waals surface area contributed by atoms with Gasteiger partial charge in [-0.15, -0.1) is 0 Å². The van der Waals surface area contributed by atoms with E-state index in [2.05, 4.69) is 9.71 Å². The molecule has 0 aromatic carbocycles. The Hall–Kier alpha value is -1.18. The molecule has 7 heteroatoms. The van der Waals surface area contributed by atoms with Crippen molar-refractivity contribution in [3.8, 4) is 0 Å². The zero-order chi connectivity index (χ0) is 12.9. The van der Waals surface area contributed by atoms with Crippen LogP contribution < -0.4 is 10.5 Å². The third-order valence-electron chi connectivity index (χ3n) is 2.10. The molecule has 1 rings (SSSR count). The van der Waals surface area contributed by atoms with E-state index in [1.165, 1.54) is 18.3 Å². The second-order valence-corrected chi connectivity index (χ2v) is 5.24. The molecule has 1 heterocycles. The van der Waals surface area contributed by atoms with Crippen LogP contribution in [0.3, 0.4) is 0 Å². The molecule has 17 heavy (non-hydrogen) atoms. The van der Waals surface area contributed by atoms with E-state index in [0.29, 0.717) is 6.61 Å². The monoisotopic (exact) mass is 259 g/mol. The number of nitrogens with two attached hydrogens (primary N) is 1. The first-order valence-electron chi connectivity index (χ1n) is 5.29. The van der Waals surface area contributed by atoms with Crippen molar-refractivity contribution >= 4 is 15.8 Å². The molecule has 6 nitrogen and oxygen atoms in total. The second-order valence-electron chi connectivity index (χ2n) is 3.50. The third-order valence-corrected chi connectivity index (χ3v) is 3.57. The lowest BCUT2D eigenvalue weighted by Crippen LogP contribution is -2.32. The van der Waals surface area contributed by atoms with E-state index < -0.39 is 10.0 Å². The van der Waals surface area contributed by atoms with Crippen LogP contribution in [0.4, 0.5) is 5.82 Å². The van der Waals surface area contributed by atoms with Gasteiger partial charge >= 0.3 is 0 Å². The van der Waals surface area contributed by atoms with Gasteiger partial charge in [0.1, 0.15) is 10.7 Å². The van der Waals surface area contributed by atoms with Crippen LogP contribution >= 0.6 is 0 Å². The molecule has 0 bridgehead atoms. The standard InChI is InChI=1S/C10H17N3O3S/c1-3-16-8(2)7-13-17(14,15)9-5-4-6-12-10(9)11/h4-6,8,13H,3,7H2,1-2H3,(H2,11,12). The summed E-state index contributed by atoms with van der Waals surface area (Å²) in [6, 6.07) is 2.94. The number of nitrogens with one attached hydrogen (secondary N) is 1. The number of ether oxygens (including phenoxy) is 1. The molecule has 1 atom stereocenters. The van der Waals surface area contributed by atoms with Gasteiger partial charge in [-0.1, -0.05) is 0 Å². The van der Waals surface area contributed by atoms with Crippen molar-refractivity contribution in [3.05, 3.63) is 18.3 Å². The van der Waals surface area contributed by atoms with Crippen LogP contribution in [-0.4, -0.2) is 32.7 Å². The largest absolute Gasteiger partial charge is 0.383 e. The molecule has 0 aliphatic heterocycles. The predicted molar refractivity (Wildman–Crippen MR) is 64.9 cm³/mol. The number of hydrogen-bond acceptors (Lipinski definition) is 5. The molecule has 0 radical (unpaired) electrons. The lowest BCUT2D eigenvalue weighted by atomic mass is 10.4. The minimum atomic E-state index is -3.62. The Labute approximate surface area is 101 Å². The number of nitrogen functional groups attached to an aromatic ring is 1. The number of anilines is 1. The minimum Gasteiger partial charge on any atom is -0.383 e. The number of sulfonamides is 1. The summed E-state index contributed by atoms with van der Waals surface area (Å²) in [5, 5.41) is 0. The highest BCUT2D eigenvalue weighted by atomic mass is 32.2. The van der Waals surface area contributed by atoms with Crippen molar-refractivity contribution in [2.45, 2.75) is 24.8 Å². The molecule has 0 fully saturated rings. The van der Waals surface area contributed by atoms with Gasteiger partial charge in [0.2, 0.25) is 10.0 Å². The van der Waals surface area contributed by atoms with E-state index in [0.717, 1.165) is 0 Å². The first-order chi connectivity index (χ1) is 7.97. The van der Waals surface area contributed by atoms with Gasteiger partial charge in [0.05, 0.1) is 6.10 Å². The third kappa shape index (κ3) is 3.95. The maximum Gasteiger partial charge on any atom is 0.244 e. The molecule has 3 N–H and O–H groups in total. The molecule has 0 amide bonds. The fourth-order valence-corrected chi connectivity index (χ4v) is 2.47. The van der Waals surface area contributed by atoms with E-state index in [-0.39, 0.29) is 23.4 Å². The van der Waals surface area contributed by atoms with Crippen molar-refractivity contribution < 1.29 is 13.2 Å². The molecular weight excluding hydrogens is 242 g/mol. The van der Waals surface area contributed by atoms with E-state index >= 15 is 0 Å². The van der Waals surface area contributed by atoms with Crippen LogP contribution in [0.1, 0.15) is 13.8 Å². The smallest absolute Gasteiger partial charge is 0.244 e. The van der Waals surface area contributed by atoms with Crippen molar-refractivity contribution in [2.24, 2.45) is 0 Å². The highest BCUT2D eigenvalue weighted by molar-refractivity contribution is 7.89. The number of rotatable bonds is 6. The SMILES string of the molecule is CCOC(C)CNS(=O)(=O)c1cccnc1N. The Morgan fingerprint density at radius 1 is 1.59 bits per heavy atom. The predicted octanol–water partition coefficient (Wildman–Crippen LogP) is 0.367. The van der Waals surface area contributed by atoms with Gasteiger partial charge in [0.15, 0.2) is 0 Å². The summed E-state index contributed by atoms with van der Waals surface area (Å²) in [5.41, 5.74) is 5.51. The van der Waals surface area contributed by atoms with E-state index in [4.69, 9.17) is 10.5 Å². The van der Waals surface area contributed by atoms with Crippen LogP contribution in [0.2, 0.25) is 0 Å². The van der Waals surface area contributed by atoms with Crippen molar-refractivity contribution in [1.82, 2.24) is 9.71 Å². The first kappa shape index (κ1) is 13.9. The highest BCUT2D eigenvalue weighted by Crippen LogP contribution is 2.13. The Kier molecular flexibility index (Phi) is 4.86. The summed E-state index contributed by atoms with van der Waals surface area (Å²) in [6.07, 6.45) is 1.25. The van der Waals surface area contributed by atoms with Crippen molar-refractivity contribution in [1.29, 1.82) is 0 Å². The van der Waals surface area contributed by atoms with E-state index in [1.54, 1.807) is 6.92 Å². The van der Waals surface area contributed by atoms with Crippen molar-refractivity contribution in [3.63, 3.8) is 0 Å². The lowest BCUT2D eigenvalue weighted by Gasteiger charge is -2.13. The van der Waals surface area contributed by atoms with Crippen LogP contribution in [0.25, 0.3) is 0 Å². The van der Waals surface area contributed by atoms with Gasteiger partial charge in [0.25, 0.3) is 0 Å². The average molecular weight is 259 g/mol. The molecule has 0 aliphatic carbocycles. The summed E-state index contributed by atoms with van der Waals surface area (Å²) in [6.45, 7) is 4.38. The molecule has 96 valence electrons. The van der Waals surface area contributed by atoms with Gasteiger partial charge < -0.3 is 10.5 Å². The van der Waals surface area contributed by atoms with Crippen LogP contribution in [0, 0.1) is 0 Å². The normalized spacial score (nSPS) is 13.5. The van der Waals surface area contributed by atoms with Crippen molar-refractivity contribution in [2.75, 3.05) is 18.9 Å². The number of nitrogens with zero attached hydrogens (tertiary/aromatic N) is 1. The highest BCUT2D eigenvalue weighted by Gasteiger charge is 2.18. The maximum atomic E-state index is 11.9. The van der Waals surface area contributed by atoms with E-state index in [9.17, 15) is 8.42 Å².